The molecule has 7 nitrogen and oxygen atoms in total. The van der Waals surface area contributed by atoms with E-state index in [9.17, 15) is 18.5 Å². The molecule has 0 aromatic heterocycles. The monoisotopic (exact) mass is 231 g/mol. The van der Waals surface area contributed by atoms with Crippen molar-refractivity contribution in [3.05, 3.63) is 33.9 Å². The van der Waals surface area contributed by atoms with E-state index in [2.05, 4.69) is 0 Å². The van der Waals surface area contributed by atoms with Gasteiger partial charge in [0.2, 0.25) is 0 Å². The van der Waals surface area contributed by atoms with Crippen molar-refractivity contribution >= 4 is 15.7 Å². The summed E-state index contributed by atoms with van der Waals surface area (Å²) in [6, 6.07) is 3.56. The molecule has 0 fully saturated rings. The van der Waals surface area contributed by atoms with E-state index in [4.69, 9.17) is 5.84 Å². The molecule has 0 aliphatic carbocycles. The maximum atomic E-state index is 11.2. The molecule has 8 heteroatoms. The average molecular weight is 231 g/mol. The molecule has 1 rings (SSSR count). The van der Waals surface area contributed by atoms with Crippen molar-refractivity contribution < 1.29 is 13.3 Å². The molecule has 0 amide bonds. The minimum atomic E-state index is -3.85. The number of hydrogen-bond acceptors (Lipinski definition) is 5. The third-order valence-corrected chi connectivity index (χ3v) is 3.03. The first kappa shape index (κ1) is 11.6. The van der Waals surface area contributed by atoms with Gasteiger partial charge in [-0.25, -0.2) is 8.42 Å². The Morgan fingerprint density at radius 1 is 1.47 bits per heavy atom. The Kier molecular flexibility index (Phi) is 3.03. The van der Waals surface area contributed by atoms with Crippen LogP contribution in [0.15, 0.2) is 23.1 Å². The number of nitrogens with one attached hydrogen (secondary N) is 1. The topological polar surface area (TPSA) is 115 Å². The summed E-state index contributed by atoms with van der Waals surface area (Å²) in [5, 5.41) is 10.5. The van der Waals surface area contributed by atoms with E-state index in [1.54, 1.807) is 4.83 Å². The average Bonchev–Trinajstić information content (AvgIpc) is 2.17. The molecule has 0 radical (unpaired) electrons. The van der Waals surface area contributed by atoms with E-state index >= 15 is 0 Å². The fourth-order valence-electron chi connectivity index (χ4n) is 1.02. The standard InChI is InChI=1S/C7H9N3O4S/c1-5-2-3-6(15(13,14)9-8)4-7(5)10(11)12/h2-4,9H,8H2,1H3. The van der Waals surface area contributed by atoms with E-state index in [-0.39, 0.29) is 10.6 Å². The summed E-state index contributed by atoms with van der Waals surface area (Å²) in [7, 11) is -3.85. The predicted molar refractivity (Wildman–Crippen MR) is 52.3 cm³/mol. The molecule has 0 atom stereocenters. The highest BCUT2D eigenvalue weighted by Crippen LogP contribution is 2.21. The summed E-state index contributed by atoms with van der Waals surface area (Å²) in [6.45, 7) is 1.52. The van der Waals surface area contributed by atoms with Crippen LogP contribution in [0.2, 0.25) is 0 Å². The number of nitro groups is 1. The van der Waals surface area contributed by atoms with Crippen LogP contribution in [0.1, 0.15) is 5.56 Å². The minimum absolute atomic E-state index is 0.234. The number of benzene rings is 1. The molecule has 1 aromatic rings. The normalized spacial score (nSPS) is 11.3. The molecular weight excluding hydrogens is 222 g/mol. The van der Waals surface area contributed by atoms with Crippen molar-refractivity contribution in [1.29, 1.82) is 0 Å². The van der Waals surface area contributed by atoms with Crippen LogP contribution in [0, 0.1) is 17.0 Å². The van der Waals surface area contributed by atoms with E-state index in [1.165, 1.54) is 19.1 Å². The first-order valence-electron chi connectivity index (χ1n) is 3.86. The van der Waals surface area contributed by atoms with Crippen molar-refractivity contribution in [3.63, 3.8) is 0 Å². The number of aryl methyl sites for hydroxylation is 1. The molecule has 0 saturated carbocycles. The second-order valence-electron chi connectivity index (χ2n) is 2.83. The molecule has 0 heterocycles. The molecule has 15 heavy (non-hydrogen) atoms. The molecule has 0 bridgehead atoms. The van der Waals surface area contributed by atoms with Crippen LogP contribution >= 0.6 is 0 Å². The Bertz CT molecular complexity index is 497. The molecule has 0 unspecified atom stereocenters. The van der Waals surface area contributed by atoms with Crippen LogP contribution in [-0.4, -0.2) is 13.3 Å². The Hall–Kier alpha value is -1.51. The van der Waals surface area contributed by atoms with E-state index in [1.807, 2.05) is 0 Å². The molecular formula is C7H9N3O4S. The summed E-state index contributed by atoms with van der Waals surface area (Å²) in [6.07, 6.45) is 0. The molecule has 0 aliphatic heterocycles. The lowest BCUT2D eigenvalue weighted by Crippen LogP contribution is -2.30. The summed E-state index contributed by atoms with van der Waals surface area (Å²) < 4.78 is 22.5. The molecule has 0 saturated heterocycles. The lowest BCUT2D eigenvalue weighted by atomic mass is 10.2. The van der Waals surface area contributed by atoms with Gasteiger partial charge in [-0.15, -0.1) is 0 Å². The molecule has 0 aliphatic rings. The van der Waals surface area contributed by atoms with Gasteiger partial charge in [0.25, 0.3) is 15.7 Å². The van der Waals surface area contributed by atoms with Crippen LogP contribution < -0.4 is 10.7 Å². The Labute approximate surface area is 86.1 Å². The minimum Gasteiger partial charge on any atom is -0.258 e. The zero-order valence-electron chi connectivity index (χ0n) is 7.80. The van der Waals surface area contributed by atoms with Crippen LogP contribution in [0.4, 0.5) is 5.69 Å². The van der Waals surface area contributed by atoms with Crippen molar-refractivity contribution in [2.45, 2.75) is 11.8 Å². The van der Waals surface area contributed by atoms with Crippen molar-refractivity contribution in [2.24, 2.45) is 5.84 Å². The molecule has 0 spiro atoms. The predicted octanol–water partition coefficient (Wildman–Crippen LogP) is 0.0552. The van der Waals surface area contributed by atoms with Crippen molar-refractivity contribution in [1.82, 2.24) is 4.83 Å². The van der Waals surface area contributed by atoms with Crippen molar-refractivity contribution in [2.75, 3.05) is 0 Å². The van der Waals surface area contributed by atoms with Crippen LogP contribution in [0.25, 0.3) is 0 Å². The van der Waals surface area contributed by atoms with Gasteiger partial charge in [0.15, 0.2) is 0 Å². The quantitative estimate of drug-likeness (QED) is 0.433. The molecule has 3 N–H and O–H groups in total. The molecule has 1 aromatic carbocycles. The lowest BCUT2D eigenvalue weighted by molar-refractivity contribution is -0.385. The number of rotatable bonds is 3. The summed E-state index contributed by atoms with van der Waals surface area (Å²) in [4.78, 5) is 11.3. The number of hydrazine groups is 1. The van der Waals surface area contributed by atoms with Gasteiger partial charge in [0.1, 0.15) is 0 Å². The van der Waals surface area contributed by atoms with Crippen molar-refractivity contribution in [3.8, 4) is 0 Å². The van der Waals surface area contributed by atoms with Crippen LogP contribution in [0.5, 0.6) is 0 Å². The Morgan fingerprint density at radius 3 is 2.53 bits per heavy atom. The number of nitro benzene ring substituents is 1. The highest BCUT2D eigenvalue weighted by molar-refractivity contribution is 7.89. The first-order valence-corrected chi connectivity index (χ1v) is 5.34. The second-order valence-corrected chi connectivity index (χ2v) is 4.54. The Morgan fingerprint density at radius 2 is 2.07 bits per heavy atom. The summed E-state index contributed by atoms with van der Waals surface area (Å²) >= 11 is 0. The highest BCUT2D eigenvalue weighted by Gasteiger charge is 2.18. The van der Waals surface area contributed by atoms with Gasteiger partial charge >= 0.3 is 0 Å². The maximum absolute atomic E-state index is 11.2. The second kappa shape index (κ2) is 3.93. The highest BCUT2D eigenvalue weighted by atomic mass is 32.2. The van der Waals surface area contributed by atoms with Gasteiger partial charge in [-0.3, -0.25) is 16.0 Å². The fourth-order valence-corrected chi connectivity index (χ4v) is 1.67. The third-order valence-electron chi connectivity index (χ3n) is 1.84. The fraction of sp³-hybridized carbons (Fsp3) is 0.143. The SMILES string of the molecule is Cc1ccc(S(=O)(=O)NN)cc1[N+](=O)[O-]. The van der Waals surface area contributed by atoms with Gasteiger partial charge in [0, 0.05) is 11.6 Å². The van der Waals surface area contributed by atoms with E-state index in [0.717, 1.165) is 6.07 Å². The Balaban J connectivity index is 3.38. The number of nitrogens with two attached hydrogens (primary N) is 1. The largest absolute Gasteiger partial charge is 0.273 e. The van der Waals surface area contributed by atoms with Gasteiger partial charge in [-0.1, -0.05) is 6.07 Å². The van der Waals surface area contributed by atoms with E-state index < -0.39 is 14.9 Å². The molecule has 82 valence electrons. The number of sulfonamides is 1. The maximum Gasteiger partial charge on any atom is 0.273 e. The number of nitrogens with zero attached hydrogens (tertiary/aromatic N) is 1. The van der Waals surface area contributed by atoms with Gasteiger partial charge in [-0.05, 0) is 13.0 Å². The van der Waals surface area contributed by atoms with Gasteiger partial charge in [-0.2, -0.15) is 4.83 Å². The summed E-state index contributed by atoms with van der Waals surface area (Å²) in [5.74, 6) is 4.79. The zero-order valence-corrected chi connectivity index (χ0v) is 8.61. The van der Waals surface area contributed by atoms with Gasteiger partial charge in [0.05, 0.1) is 9.82 Å². The van der Waals surface area contributed by atoms with E-state index in [0.29, 0.717) is 5.56 Å². The lowest BCUT2D eigenvalue weighted by Gasteiger charge is -2.03. The number of hydrogen-bond donors (Lipinski definition) is 2. The summed E-state index contributed by atoms with van der Waals surface area (Å²) in [5.41, 5.74) is 0.127. The smallest absolute Gasteiger partial charge is 0.258 e. The van der Waals surface area contributed by atoms with Gasteiger partial charge < -0.3 is 0 Å². The zero-order chi connectivity index (χ0) is 11.6. The first-order chi connectivity index (χ1) is 6.88. The van der Waals surface area contributed by atoms with Crippen LogP contribution in [0.3, 0.4) is 0 Å². The third kappa shape index (κ3) is 2.29. The van der Waals surface area contributed by atoms with Crippen LogP contribution in [-0.2, 0) is 10.0 Å².